The molecule has 0 saturated carbocycles. The van der Waals surface area contributed by atoms with Crippen molar-refractivity contribution in [1.82, 2.24) is 15.7 Å². The fraction of sp³-hybridized carbons (Fsp3) is 0.500. The van der Waals surface area contributed by atoms with Gasteiger partial charge in [-0.15, -0.1) is 0 Å². The number of amides is 1. The summed E-state index contributed by atoms with van der Waals surface area (Å²) in [5.41, 5.74) is 5.54. The van der Waals surface area contributed by atoms with Gasteiger partial charge in [0.05, 0.1) is 17.9 Å². The predicted octanol–water partition coefficient (Wildman–Crippen LogP) is 0.963. The standard InChI is InChI=1S/C16H24N4O4/c1-11(2)9-13(18-8-4-6-14(21)22)15(23)16(24)20-19-12-5-3-7-17-10-12/h3,5,7,10-11,13,18-19H,4,6,8-9H2,1-2H3,(H,20,24)(H,21,22)/t13-/m0/s1. The summed E-state index contributed by atoms with van der Waals surface area (Å²) in [6, 6.07) is 2.75. The fourth-order valence-electron chi connectivity index (χ4n) is 2.06. The predicted molar refractivity (Wildman–Crippen MR) is 89.1 cm³/mol. The van der Waals surface area contributed by atoms with Crippen LogP contribution >= 0.6 is 0 Å². The molecular weight excluding hydrogens is 312 g/mol. The van der Waals surface area contributed by atoms with Crippen LogP contribution in [-0.4, -0.2) is 40.3 Å². The number of Topliss-reactive ketones (excluding diaryl/α,β-unsaturated/α-hetero) is 1. The van der Waals surface area contributed by atoms with Crippen LogP contribution in [0.3, 0.4) is 0 Å². The van der Waals surface area contributed by atoms with Crippen molar-refractivity contribution in [2.45, 2.75) is 39.2 Å². The molecule has 0 fully saturated rings. The second-order valence-electron chi connectivity index (χ2n) is 5.82. The number of hydrogen-bond donors (Lipinski definition) is 4. The Morgan fingerprint density at radius 2 is 2.04 bits per heavy atom. The number of carbonyl (C=O) groups is 3. The molecule has 8 heteroatoms. The highest BCUT2D eigenvalue weighted by atomic mass is 16.4. The number of hydrazine groups is 1. The molecular formula is C16H24N4O4. The van der Waals surface area contributed by atoms with Gasteiger partial charge < -0.3 is 10.4 Å². The van der Waals surface area contributed by atoms with E-state index in [9.17, 15) is 14.4 Å². The highest BCUT2D eigenvalue weighted by Crippen LogP contribution is 2.07. The number of hydrogen-bond acceptors (Lipinski definition) is 6. The molecule has 1 rings (SSSR count). The number of carboxylic acids is 1. The summed E-state index contributed by atoms with van der Waals surface area (Å²) in [5, 5.41) is 11.6. The number of carboxylic acid groups (broad SMARTS) is 1. The lowest BCUT2D eigenvalue weighted by atomic mass is 9.99. The highest BCUT2D eigenvalue weighted by molar-refractivity contribution is 6.38. The molecule has 1 heterocycles. The van der Waals surface area contributed by atoms with Crippen LogP contribution in [0, 0.1) is 5.92 Å². The normalized spacial score (nSPS) is 11.8. The topological polar surface area (TPSA) is 120 Å². The van der Waals surface area contributed by atoms with Gasteiger partial charge in [-0.25, -0.2) is 0 Å². The van der Waals surface area contributed by atoms with Crippen LogP contribution in [0.4, 0.5) is 5.69 Å². The van der Waals surface area contributed by atoms with Crippen molar-refractivity contribution in [3.8, 4) is 0 Å². The first-order valence-corrected chi connectivity index (χ1v) is 7.85. The van der Waals surface area contributed by atoms with E-state index in [4.69, 9.17) is 5.11 Å². The highest BCUT2D eigenvalue weighted by Gasteiger charge is 2.25. The molecule has 8 nitrogen and oxygen atoms in total. The zero-order valence-corrected chi connectivity index (χ0v) is 13.9. The van der Waals surface area contributed by atoms with Crippen LogP contribution in [-0.2, 0) is 14.4 Å². The minimum Gasteiger partial charge on any atom is -0.481 e. The first-order valence-electron chi connectivity index (χ1n) is 7.85. The van der Waals surface area contributed by atoms with Crippen LogP contribution in [0.5, 0.6) is 0 Å². The SMILES string of the molecule is CC(C)C[C@H](NCCCC(=O)O)C(=O)C(=O)NNc1cccnc1. The number of rotatable bonds is 11. The molecule has 1 amide bonds. The Balaban J connectivity index is 2.51. The number of nitrogens with zero attached hydrogens (tertiary/aromatic N) is 1. The second-order valence-corrected chi connectivity index (χ2v) is 5.82. The van der Waals surface area contributed by atoms with E-state index in [0.717, 1.165) is 0 Å². The fourth-order valence-corrected chi connectivity index (χ4v) is 2.06. The van der Waals surface area contributed by atoms with Gasteiger partial charge in [0.2, 0.25) is 5.78 Å². The summed E-state index contributed by atoms with van der Waals surface area (Å²) in [6.45, 7) is 4.26. The molecule has 1 atom stereocenters. The molecule has 0 radical (unpaired) electrons. The van der Waals surface area contributed by atoms with Crippen molar-refractivity contribution in [2.24, 2.45) is 5.92 Å². The molecule has 0 saturated heterocycles. The first kappa shape index (κ1) is 19.6. The molecule has 0 aromatic carbocycles. The van der Waals surface area contributed by atoms with E-state index in [-0.39, 0.29) is 12.3 Å². The lowest BCUT2D eigenvalue weighted by Crippen LogP contribution is -2.47. The quantitative estimate of drug-likeness (QED) is 0.270. The van der Waals surface area contributed by atoms with E-state index < -0.39 is 23.7 Å². The average molecular weight is 336 g/mol. The van der Waals surface area contributed by atoms with Gasteiger partial charge in [0.15, 0.2) is 0 Å². The largest absolute Gasteiger partial charge is 0.481 e. The van der Waals surface area contributed by atoms with E-state index in [2.05, 4.69) is 21.2 Å². The van der Waals surface area contributed by atoms with Gasteiger partial charge in [0, 0.05) is 12.6 Å². The summed E-state index contributed by atoms with van der Waals surface area (Å²) >= 11 is 0. The van der Waals surface area contributed by atoms with E-state index >= 15 is 0 Å². The lowest BCUT2D eigenvalue weighted by Gasteiger charge is -2.19. The maximum absolute atomic E-state index is 12.3. The van der Waals surface area contributed by atoms with Crippen molar-refractivity contribution in [1.29, 1.82) is 0 Å². The summed E-state index contributed by atoms with van der Waals surface area (Å²) in [7, 11) is 0. The number of ketones is 1. The van der Waals surface area contributed by atoms with Gasteiger partial charge in [-0.3, -0.25) is 30.2 Å². The minimum absolute atomic E-state index is 0.0182. The molecule has 1 aromatic rings. The summed E-state index contributed by atoms with van der Waals surface area (Å²) in [4.78, 5) is 38.7. The molecule has 1 aromatic heterocycles. The number of aliphatic carboxylic acids is 1. The summed E-state index contributed by atoms with van der Waals surface area (Å²) in [6.07, 6.45) is 4.02. The van der Waals surface area contributed by atoms with Crippen molar-refractivity contribution >= 4 is 23.3 Å². The Kier molecular flexibility index (Phi) is 8.42. The van der Waals surface area contributed by atoms with Gasteiger partial charge in [-0.2, -0.15) is 0 Å². The Morgan fingerprint density at radius 1 is 1.29 bits per heavy atom. The lowest BCUT2D eigenvalue weighted by molar-refractivity contribution is -0.139. The van der Waals surface area contributed by atoms with Gasteiger partial charge in [0.1, 0.15) is 0 Å². The van der Waals surface area contributed by atoms with Crippen LogP contribution < -0.4 is 16.2 Å². The third-order valence-corrected chi connectivity index (χ3v) is 3.19. The molecule has 0 spiro atoms. The molecule has 4 N–H and O–H groups in total. The van der Waals surface area contributed by atoms with Crippen LogP contribution in [0.1, 0.15) is 33.1 Å². The van der Waals surface area contributed by atoms with Crippen molar-refractivity contribution in [2.75, 3.05) is 12.0 Å². The van der Waals surface area contributed by atoms with E-state index in [0.29, 0.717) is 25.1 Å². The summed E-state index contributed by atoms with van der Waals surface area (Å²) < 4.78 is 0. The Morgan fingerprint density at radius 3 is 2.62 bits per heavy atom. The van der Waals surface area contributed by atoms with Gasteiger partial charge >= 0.3 is 11.9 Å². The number of carbonyl (C=O) groups excluding carboxylic acids is 2. The smallest absolute Gasteiger partial charge is 0.307 e. The Labute approximate surface area is 141 Å². The van der Waals surface area contributed by atoms with E-state index in [1.165, 1.54) is 6.20 Å². The molecule has 132 valence electrons. The molecule has 0 bridgehead atoms. The Hall–Kier alpha value is -2.48. The van der Waals surface area contributed by atoms with Crippen molar-refractivity contribution < 1.29 is 19.5 Å². The van der Waals surface area contributed by atoms with Crippen molar-refractivity contribution in [3.63, 3.8) is 0 Å². The van der Waals surface area contributed by atoms with E-state index in [1.807, 2.05) is 13.8 Å². The van der Waals surface area contributed by atoms with Gasteiger partial charge in [-0.1, -0.05) is 13.8 Å². The zero-order chi connectivity index (χ0) is 17.9. The molecule has 24 heavy (non-hydrogen) atoms. The molecule has 0 aliphatic heterocycles. The summed E-state index contributed by atoms with van der Waals surface area (Å²) in [5.74, 6) is -2.02. The number of nitrogens with one attached hydrogen (secondary N) is 3. The van der Waals surface area contributed by atoms with Crippen molar-refractivity contribution in [3.05, 3.63) is 24.5 Å². The zero-order valence-electron chi connectivity index (χ0n) is 13.9. The Bertz CT molecular complexity index is 548. The maximum Gasteiger partial charge on any atom is 0.307 e. The molecule has 0 aliphatic carbocycles. The maximum atomic E-state index is 12.3. The first-order chi connectivity index (χ1) is 11.4. The number of aromatic nitrogens is 1. The van der Waals surface area contributed by atoms with Crippen LogP contribution in [0.25, 0.3) is 0 Å². The monoisotopic (exact) mass is 336 g/mol. The molecule has 0 aliphatic rings. The average Bonchev–Trinajstić information content (AvgIpc) is 2.55. The second kappa shape index (κ2) is 10.3. The minimum atomic E-state index is -0.887. The number of anilines is 1. The molecule has 0 unspecified atom stereocenters. The van der Waals surface area contributed by atoms with Gasteiger partial charge in [0.25, 0.3) is 0 Å². The van der Waals surface area contributed by atoms with Crippen LogP contribution in [0.15, 0.2) is 24.5 Å². The third kappa shape index (κ3) is 7.68. The number of pyridine rings is 1. The van der Waals surface area contributed by atoms with Gasteiger partial charge in [-0.05, 0) is 37.4 Å². The third-order valence-electron chi connectivity index (χ3n) is 3.19. The van der Waals surface area contributed by atoms with Crippen LogP contribution in [0.2, 0.25) is 0 Å². The van der Waals surface area contributed by atoms with E-state index in [1.54, 1.807) is 18.3 Å².